The standard InChI is InChI=1S/C74H140NO8P/c1-6-8-10-12-14-16-18-20-22-24-26-28-30-32-34-36-37-39-40-42-44-46-48-50-52-54-56-58-60-62-64-66-73(76)80-70-72(71-82-84(78,79)81-69-68-75(3,4)5)83-74(77)67-65-63-61-59-57-55-53-51-49-47-45-43-41-38-35-33-31-29-27-25-23-21-19-17-15-13-11-9-7-2/h9,11,15,17,21,23,27,29,72H,6-8,10,12-14,16,18-20,22,24-26,28,30-71H2,1-5H3/p+1/b11-9-,17-15-,23-21-,29-27-. The molecular weight excluding hydrogens is 1060 g/mol. The van der Waals surface area contributed by atoms with E-state index in [9.17, 15) is 19.0 Å². The number of nitrogens with zero attached hydrogens (tertiary/aromatic N) is 1. The Bertz CT molecular complexity index is 1560. The SMILES string of the molecule is CC/C=C\C/C=C\C/C=C\C/C=C\CCCCCCCCCCCCCCCCCCC(=O)OC(COC(=O)CCCCCCCCCCCCCCCCCCCCCCCCCCCCCCCCC)COP(=O)(O)OCC[N+](C)(C)C. The summed E-state index contributed by atoms with van der Waals surface area (Å²) in [6.07, 6.45) is 85.2. The highest BCUT2D eigenvalue weighted by molar-refractivity contribution is 7.47. The number of unbranched alkanes of at least 4 members (excludes halogenated alkanes) is 46. The molecule has 0 saturated heterocycles. The second-order valence-corrected chi connectivity index (χ2v) is 27.4. The van der Waals surface area contributed by atoms with Crippen LogP contribution in [0.2, 0.25) is 0 Å². The molecule has 494 valence electrons. The average molecular weight is 1200 g/mol. The van der Waals surface area contributed by atoms with Crippen molar-refractivity contribution in [3.63, 3.8) is 0 Å². The monoisotopic (exact) mass is 1200 g/mol. The average Bonchev–Trinajstić information content (AvgIpc) is 3.61. The van der Waals surface area contributed by atoms with Crippen LogP contribution in [0.3, 0.4) is 0 Å². The molecule has 0 saturated carbocycles. The van der Waals surface area contributed by atoms with Crippen LogP contribution in [0.1, 0.15) is 361 Å². The van der Waals surface area contributed by atoms with Crippen LogP contribution in [-0.4, -0.2) is 74.9 Å². The van der Waals surface area contributed by atoms with Gasteiger partial charge in [0.1, 0.15) is 19.8 Å². The molecule has 0 spiro atoms. The lowest BCUT2D eigenvalue weighted by atomic mass is 10.0. The molecule has 0 aromatic heterocycles. The second-order valence-electron chi connectivity index (χ2n) is 26.0. The van der Waals surface area contributed by atoms with Crippen molar-refractivity contribution in [1.29, 1.82) is 0 Å². The molecule has 2 unspecified atom stereocenters. The first-order valence-electron chi connectivity index (χ1n) is 36.4. The predicted octanol–water partition coefficient (Wildman–Crippen LogP) is 23.6. The van der Waals surface area contributed by atoms with E-state index in [1.54, 1.807) is 0 Å². The third-order valence-electron chi connectivity index (χ3n) is 16.4. The van der Waals surface area contributed by atoms with E-state index in [1.807, 2.05) is 21.1 Å². The minimum absolute atomic E-state index is 0.0338. The number of ether oxygens (including phenoxy) is 2. The van der Waals surface area contributed by atoms with Crippen LogP contribution in [0.25, 0.3) is 0 Å². The van der Waals surface area contributed by atoms with Crippen LogP contribution < -0.4 is 0 Å². The molecule has 10 heteroatoms. The molecule has 84 heavy (non-hydrogen) atoms. The lowest BCUT2D eigenvalue weighted by Gasteiger charge is -2.24. The van der Waals surface area contributed by atoms with Crippen LogP contribution in [0, 0.1) is 0 Å². The van der Waals surface area contributed by atoms with E-state index in [4.69, 9.17) is 18.5 Å². The normalized spacial score (nSPS) is 13.4. The van der Waals surface area contributed by atoms with Gasteiger partial charge in [-0.2, -0.15) is 0 Å². The van der Waals surface area contributed by atoms with Gasteiger partial charge in [-0.1, -0.05) is 345 Å². The van der Waals surface area contributed by atoms with Crippen molar-refractivity contribution in [2.75, 3.05) is 47.5 Å². The Morgan fingerprint density at radius 2 is 0.679 bits per heavy atom. The molecule has 0 aliphatic heterocycles. The fourth-order valence-electron chi connectivity index (χ4n) is 10.8. The number of hydrogen-bond acceptors (Lipinski definition) is 7. The topological polar surface area (TPSA) is 108 Å². The van der Waals surface area contributed by atoms with E-state index in [1.165, 1.54) is 270 Å². The van der Waals surface area contributed by atoms with Gasteiger partial charge < -0.3 is 18.9 Å². The Morgan fingerprint density at radius 1 is 0.381 bits per heavy atom. The zero-order valence-corrected chi connectivity index (χ0v) is 57.3. The van der Waals surface area contributed by atoms with Crippen LogP contribution in [0.5, 0.6) is 0 Å². The van der Waals surface area contributed by atoms with Crippen molar-refractivity contribution in [2.24, 2.45) is 0 Å². The maximum atomic E-state index is 12.9. The maximum Gasteiger partial charge on any atom is 0.472 e. The van der Waals surface area contributed by atoms with Gasteiger partial charge in [-0.15, -0.1) is 0 Å². The smallest absolute Gasteiger partial charge is 0.462 e. The van der Waals surface area contributed by atoms with Crippen molar-refractivity contribution in [2.45, 2.75) is 367 Å². The fraction of sp³-hybridized carbons (Fsp3) is 0.865. The Balaban J connectivity index is 3.97. The zero-order chi connectivity index (χ0) is 61.2. The molecule has 9 nitrogen and oxygen atoms in total. The minimum atomic E-state index is -4.39. The molecule has 0 amide bonds. The van der Waals surface area contributed by atoms with Gasteiger partial charge in [0.2, 0.25) is 0 Å². The lowest BCUT2D eigenvalue weighted by molar-refractivity contribution is -0.870. The predicted molar refractivity (Wildman–Crippen MR) is 363 cm³/mol. The number of allylic oxidation sites excluding steroid dienone is 8. The number of quaternary nitrogens is 1. The second kappa shape index (κ2) is 65.4. The zero-order valence-electron chi connectivity index (χ0n) is 56.4. The molecule has 0 radical (unpaired) electrons. The summed E-state index contributed by atoms with van der Waals surface area (Å²) >= 11 is 0. The van der Waals surface area contributed by atoms with Crippen LogP contribution in [0.4, 0.5) is 0 Å². The molecule has 0 bridgehead atoms. The number of phosphoric acid groups is 1. The van der Waals surface area contributed by atoms with E-state index in [-0.39, 0.29) is 25.6 Å². The highest BCUT2D eigenvalue weighted by atomic mass is 31.2. The first-order valence-corrected chi connectivity index (χ1v) is 37.9. The van der Waals surface area contributed by atoms with Crippen molar-refractivity contribution in [1.82, 2.24) is 0 Å². The third kappa shape index (κ3) is 69.1. The van der Waals surface area contributed by atoms with Gasteiger partial charge in [0.25, 0.3) is 0 Å². The molecule has 1 N–H and O–H groups in total. The molecule has 0 rings (SSSR count). The fourth-order valence-corrected chi connectivity index (χ4v) is 11.6. The summed E-state index contributed by atoms with van der Waals surface area (Å²) in [4.78, 5) is 35.9. The van der Waals surface area contributed by atoms with Crippen molar-refractivity contribution < 1.29 is 42.1 Å². The number of esters is 2. The summed E-state index contributed by atoms with van der Waals surface area (Å²) < 4.78 is 34.8. The number of phosphoric ester groups is 1. The summed E-state index contributed by atoms with van der Waals surface area (Å²) in [6.45, 7) is 4.39. The maximum absolute atomic E-state index is 12.9. The number of carbonyl (C=O) groups is 2. The molecule has 0 aliphatic carbocycles. The summed E-state index contributed by atoms with van der Waals surface area (Å²) in [7, 11) is 1.49. The Hall–Kier alpha value is -2.03. The molecule has 2 atom stereocenters. The van der Waals surface area contributed by atoms with E-state index in [0.717, 1.165) is 57.8 Å². The highest BCUT2D eigenvalue weighted by Gasteiger charge is 2.27. The number of carbonyl (C=O) groups excluding carboxylic acids is 2. The van der Waals surface area contributed by atoms with Gasteiger partial charge in [0, 0.05) is 12.8 Å². The quantitative estimate of drug-likeness (QED) is 0.0211. The van der Waals surface area contributed by atoms with Gasteiger partial charge in [0.05, 0.1) is 27.7 Å². The van der Waals surface area contributed by atoms with Crippen molar-refractivity contribution >= 4 is 19.8 Å². The van der Waals surface area contributed by atoms with E-state index in [2.05, 4.69) is 62.5 Å². The number of rotatable bonds is 68. The van der Waals surface area contributed by atoms with Crippen LogP contribution >= 0.6 is 7.82 Å². The first-order chi connectivity index (χ1) is 41.0. The first kappa shape index (κ1) is 82.0. The molecule has 0 fully saturated rings. The van der Waals surface area contributed by atoms with Crippen molar-refractivity contribution in [3.8, 4) is 0 Å². The Labute approximate surface area is 522 Å². The summed E-state index contributed by atoms with van der Waals surface area (Å²) in [5, 5.41) is 0. The van der Waals surface area contributed by atoms with E-state index < -0.39 is 26.5 Å². The Kier molecular flexibility index (Phi) is 63.8. The molecule has 0 aromatic rings. The van der Waals surface area contributed by atoms with Gasteiger partial charge in [-0.3, -0.25) is 18.6 Å². The lowest BCUT2D eigenvalue weighted by Crippen LogP contribution is -2.37. The van der Waals surface area contributed by atoms with Gasteiger partial charge in [0.15, 0.2) is 6.10 Å². The number of hydrogen-bond donors (Lipinski definition) is 1. The third-order valence-corrected chi connectivity index (χ3v) is 17.4. The van der Waals surface area contributed by atoms with E-state index >= 15 is 0 Å². The van der Waals surface area contributed by atoms with Gasteiger partial charge >= 0.3 is 19.8 Å². The summed E-state index contributed by atoms with van der Waals surface area (Å²) in [5.41, 5.74) is 0. The molecular formula is C74H141NO8P+. The van der Waals surface area contributed by atoms with Crippen LogP contribution in [0.15, 0.2) is 48.6 Å². The van der Waals surface area contributed by atoms with Gasteiger partial charge in [-0.25, -0.2) is 4.57 Å². The summed E-state index contributed by atoms with van der Waals surface area (Å²) in [6, 6.07) is 0. The molecule has 0 aliphatic rings. The molecule has 0 heterocycles. The minimum Gasteiger partial charge on any atom is -0.462 e. The molecule has 0 aromatic carbocycles. The Morgan fingerprint density at radius 3 is 1.01 bits per heavy atom. The van der Waals surface area contributed by atoms with Crippen LogP contribution in [-0.2, 0) is 32.7 Å². The number of likely N-dealkylation sites (N-methyl/N-ethyl adjacent to an activating group) is 1. The summed E-state index contributed by atoms with van der Waals surface area (Å²) in [5.74, 6) is -0.777. The van der Waals surface area contributed by atoms with Gasteiger partial charge in [-0.05, 0) is 51.4 Å². The van der Waals surface area contributed by atoms with Crippen molar-refractivity contribution in [3.05, 3.63) is 48.6 Å². The largest absolute Gasteiger partial charge is 0.472 e. The highest BCUT2D eigenvalue weighted by Crippen LogP contribution is 2.43. The van der Waals surface area contributed by atoms with E-state index in [0.29, 0.717) is 23.9 Å².